The van der Waals surface area contributed by atoms with Crippen LogP contribution in [0.2, 0.25) is 0 Å². The molecule has 1 saturated carbocycles. The summed E-state index contributed by atoms with van der Waals surface area (Å²) < 4.78 is 0. The molecule has 0 radical (unpaired) electrons. The standard InChI is InChI=1S/C12H24BN2O2P/c1-11(2)4-8(15-9(13)16)5-12(3,6-11)7-14-10(17)18/h8H,4-7,13,18H2,1-3H3,(H,14,17)(H,15,16). The maximum absolute atomic E-state index is 11.2. The summed E-state index contributed by atoms with van der Waals surface area (Å²) in [5, 5.41) is 5.90. The van der Waals surface area contributed by atoms with E-state index in [0.717, 1.165) is 19.3 Å². The lowest BCUT2D eigenvalue weighted by molar-refractivity contribution is 0.0771. The van der Waals surface area contributed by atoms with Crippen molar-refractivity contribution >= 4 is 28.5 Å². The van der Waals surface area contributed by atoms with E-state index in [1.54, 1.807) is 7.85 Å². The van der Waals surface area contributed by atoms with Crippen molar-refractivity contribution in [2.75, 3.05) is 6.54 Å². The van der Waals surface area contributed by atoms with Crippen molar-refractivity contribution in [3.8, 4) is 0 Å². The Bertz CT molecular complexity index is 349. The van der Waals surface area contributed by atoms with Gasteiger partial charge in [-0.05, 0) is 39.3 Å². The summed E-state index contributed by atoms with van der Waals surface area (Å²) in [6.45, 7) is 7.29. The maximum Gasteiger partial charge on any atom is 0.234 e. The fourth-order valence-electron chi connectivity index (χ4n) is 3.46. The molecule has 6 heteroatoms. The molecular weight excluding hydrogens is 246 g/mol. The van der Waals surface area contributed by atoms with Crippen LogP contribution in [0.1, 0.15) is 40.0 Å². The highest BCUT2D eigenvalue weighted by molar-refractivity contribution is 7.39. The second-order valence-corrected chi connectivity index (χ2v) is 7.20. The Hall–Kier alpha value is -0.565. The lowest BCUT2D eigenvalue weighted by Gasteiger charge is -2.47. The van der Waals surface area contributed by atoms with Crippen molar-refractivity contribution in [2.45, 2.75) is 46.1 Å². The molecular formula is C12H24BN2O2P. The maximum atomic E-state index is 11.2. The molecule has 2 N–H and O–H groups in total. The minimum Gasteiger partial charge on any atom is -0.363 e. The zero-order valence-electron chi connectivity index (χ0n) is 11.8. The molecule has 0 spiro atoms. The SMILES string of the molecule is BC(=O)NC1CC(C)(C)CC(C)(CNC(=O)P)C1. The van der Waals surface area contributed by atoms with Gasteiger partial charge in [0.15, 0.2) is 5.81 Å². The number of carbonyl (C=O) groups excluding carboxylic acids is 2. The molecule has 0 aromatic carbocycles. The molecule has 0 bridgehead atoms. The van der Waals surface area contributed by atoms with Gasteiger partial charge in [-0.1, -0.05) is 20.8 Å². The second kappa shape index (κ2) is 5.60. The quantitative estimate of drug-likeness (QED) is 0.603. The number of carbonyl (C=O) groups is 2. The fraction of sp³-hybridized carbons (Fsp3) is 0.833. The van der Waals surface area contributed by atoms with E-state index in [-0.39, 0.29) is 28.3 Å². The molecule has 0 saturated heterocycles. The minimum absolute atomic E-state index is 0.0233. The molecule has 1 aliphatic rings. The fourth-order valence-corrected chi connectivity index (χ4v) is 3.56. The first-order chi connectivity index (χ1) is 8.12. The average Bonchev–Trinajstić information content (AvgIpc) is 2.10. The van der Waals surface area contributed by atoms with E-state index in [9.17, 15) is 9.59 Å². The molecule has 3 unspecified atom stereocenters. The summed E-state index contributed by atoms with van der Waals surface area (Å²) in [6, 6.07) is 0.206. The van der Waals surface area contributed by atoms with Gasteiger partial charge >= 0.3 is 0 Å². The van der Waals surface area contributed by atoms with E-state index in [1.165, 1.54) is 0 Å². The molecule has 4 nitrogen and oxygen atoms in total. The smallest absolute Gasteiger partial charge is 0.234 e. The van der Waals surface area contributed by atoms with Crippen LogP contribution in [-0.4, -0.2) is 31.9 Å². The van der Waals surface area contributed by atoms with Crippen molar-refractivity contribution in [1.29, 1.82) is 0 Å². The molecule has 1 rings (SSSR count). The number of hydrogen-bond acceptors (Lipinski definition) is 2. The zero-order valence-corrected chi connectivity index (χ0v) is 13.0. The van der Waals surface area contributed by atoms with Crippen LogP contribution in [0, 0.1) is 10.8 Å². The third-order valence-electron chi connectivity index (χ3n) is 3.54. The van der Waals surface area contributed by atoms with E-state index < -0.39 is 0 Å². The van der Waals surface area contributed by atoms with Gasteiger partial charge in [-0.25, -0.2) is 0 Å². The molecule has 0 heterocycles. The van der Waals surface area contributed by atoms with Gasteiger partial charge in [-0.2, -0.15) is 0 Å². The molecule has 102 valence electrons. The topological polar surface area (TPSA) is 58.2 Å². The first-order valence-electron chi connectivity index (χ1n) is 6.42. The Morgan fingerprint density at radius 3 is 2.44 bits per heavy atom. The number of hydrogen-bond donors (Lipinski definition) is 2. The number of rotatable bonds is 3. The van der Waals surface area contributed by atoms with Crippen molar-refractivity contribution in [2.24, 2.45) is 10.8 Å². The van der Waals surface area contributed by atoms with Crippen molar-refractivity contribution < 1.29 is 9.59 Å². The molecule has 0 aliphatic heterocycles. The van der Waals surface area contributed by atoms with Gasteiger partial charge in [0.25, 0.3) is 0 Å². The molecule has 1 fully saturated rings. The van der Waals surface area contributed by atoms with Crippen LogP contribution in [-0.2, 0) is 0 Å². The third-order valence-corrected chi connectivity index (χ3v) is 3.74. The Labute approximate surface area is 113 Å². The Balaban J connectivity index is 2.72. The lowest BCUT2D eigenvalue weighted by atomic mass is 9.62. The molecule has 18 heavy (non-hydrogen) atoms. The van der Waals surface area contributed by atoms with Crippen LogP contribution in [0.4, 0.5) is 9.59 Å². The summed E-state index contributed by atoms with van der Waals surface area (Å²) in [4.78, 5) is 22.2. The van der Waals surface area contributed by atoms with Gasteiger partial charge in [0.1, 0.15) is 0 Å². The van der Waals surface area contributed by atoms with Crippen molar-refractivity contribution in [3.05, 3.63) is 0 Å². The highest BCUT2D eigenvalue weighted by Gasteiger charge is 2.41. The molecule has 2 amide bonds. The van der Waals surface area contributed by atoms with Crippen LogP contribution in [0.25, 0.3) is 0 Å². The van der Waals surface area contributed by atoms with Gasteiger partial charge in [-0.15, -0.1) is 0 Å². The summed E-state index contributed by atoms with van der Waals surface area (Å²) in [5.74, 6) is 0.0233. The molecule has 1 aliphatic carbocycles. The zero-order chi connectivity index (χ0) is 14.0. The molecule has 3 atom stereocenters. The highest BCUT2D eigenvalue weighted by Crippen LogP contribution is 2.45. The second-order valence-electron chi connectivity index (χ2n) is 6.68. The Kier molecular flexibility index (Phi) is 4.82. The molecule has 0 aromatic rings. The van der Waals surface area contributed by atoms with Crippen LogP contribution >= 0.6 is 9.24 Å². The van der Waals surface area contributed by atoms with Gasteiger partial charge in [-0.3, -0.25) is 9.59 Å². The number of amides is 2. The van der Waals surface area contributed by atoms with Crippen LogP contribution in [0.5, 0.6) is 0 Å². The van der Waals surface area contributed by atoms with E-state index in [0.29, 0.717) is 6.54 Å². The van der Waals surface area contributed by atoms with Crippen molar-refractivity contribution in [1.82, 2.24) is 10.6 Å². The van der Waals surface area contributed by atoms with Gasteiger partial charge in [0.2, 0.25) is 13.5 Å². The van der Waals surface area contributed by atoms with E-state index in [2.05, 4.69) is 40.6 Å². The first kappa shape index (κ1) is 15.5. The normalized spacial score (nSPS) is 30.6. The monoisotopic (exact) mass is 270 g/mol. The largest absolute Gasteiger partial charge is 0.363 e. The Morgan fingerprint density at radius 1 is 1.33 bits per heavy atom. The number of nitrogens with one attached hydrogen (secondary N) is 2. The summed E-state index contributed by atoms with van der Waals surface area (Å²) in [5.41, 5.74) is 0.156. The first-order valence-corrected chi connectivity index (χ1v) is 7.00. The van der Waals surface area contributed by atoms with E-state index in [4.69, 9.17) is 0 Å². The van der Waals surface area contributed by atoms with Crippen molar-refractivity contribution in [3.63, 3.8) is 0 Å². The van der Waals surface area contributed by atoms with Gasteiger partial charge in [0.05, 0.1) is 0 Å². The summed E-state index contributed by atoms with van der Waals surface area (Å²) in [7, 11) is 3.70. The summed E-state index contributed by atoms with van der Waals surface area (Å²) in [6.07, 6.45) is 2.97. The third kappa shape index (κ3) is 4.97. The average molecular weight is 270 g/mol. The molecule has 0 aromatic heterocycles. The Morgan fingerprint density at radius 2 is 1.94 bits per heavy atom. The van der Waals surface area contributed by atoms with Crippen LogP contribution < -0.4 is 10.6 Å². The minimum atomic E-state index is -0.0734. The van der Waals surface area contributed by atoms with E-state index in [1.807, 2.05) is 0 Å². The van der Waals surface area contributed by atoms with E-state index >= 15 is 0 Å². The van der Waals surface area contributed by atoms with Crippen LogP contribution in [0.15, 0.2) is 0 Å². The van der Waals surface area contributed by atoms with Gasteiger partial charge in [0, 0.05) is 12.6 Å². The lowest BCUT2D eigenvalue weighted by Crippen LogP contribution is -2.49. The summed E-state index contributed by atoms with van der Waals surface area (Å²) >= 11 is 0. The highest BCUT2D eigenvalue weighted by atomic mass is 31.0. The predicted molar refractivity (Wildman–Crippen MR) is 79.7 cm³/mol. The predicted octanol–water partition coefficient (Wildman–Crippen LogP) is 1.50. The van der Waals surface area contributed by atoms with Gasteiger partial charge < -0.3 is 10.6 Å². The van der Waals surface area contributed by atoms with Crippen LogP contribution in [0.3, 0.4) is 0 Å².